The monoisotopic (exact) mass is 356 g/mol. The molecule has 0 aromatic heterocycles. The van der Waals surface area contributed by atoms with E-state index in [2.05, 4.69) is 15.9 Å². The van der Waals surface area contributed by atoms with Crippen molar-refractivity contribution in [2.24, 2.45) is 0 Å². The van der Waals surface area contributed by atoms with Crippen LogP contribution < -0.4 is 4.74 Å². The first-order valence-corrected chi connectivity index (χ1v) is 8.40. The number of alkyl halides is 1. The molecule has 0 heterocycles. The van der Waals surface area contributed by atoms with Gasteiger partial charge in [0.25, 0.3) is 10.1 Å². The van der Waals surface area contributed by atoms with Crippen LogP contribution in [-0.2, 0) is 22.1 Å². The maximum absolute atomic E-state index is 11.1. The molecule has 6 heteroatoms. The molecule has 0 amide bonds. The number of rotatable bonds is 5. The first-order chi connectivity index (χ1) is 9.50. The van der Waals surface area contributed by atoms with Gasteiger partial charge in [-0.2, -0.15) is 8.42 Å². The lowest BCUT2D eigenvalue weighted by atomic mass is 10.2. The van der Waals surface area contributed by atoms with Gasteiger partial charge in [0.05, 0.1) is 4.90 Å². The second-order valence-corrected chi connectivity index (χ2v) is 6.13. The van der Waals surface area contributed by atoms with Crippen LogP contribution in [0, 0.1) is 0 Å². The molecule has 0 atom stereocenters. The lowest BCUT2D eigenvalue weighted by Crippen LogP contribution is -2.02. The Hall–Kier alpha value is -1.37. The summed E-state index contributed by atoms with van der Waals surface area (Å²) < 4.78 is 37.0. The van der Waals surface area contributed by atoms with Crippen molar-refractivity contribution in [3.63, 3.8) is 0 Å². The van der Waals surface area contributed by atoms with Gasteiger partial charge >= 0.3 is 0 Å². The molecule has 0 aliphatic rings. The van der Waals surface area contributed by atoms with Crippen molar-refractivity contribution in [3.8, 4) is 5.75 Å². The molecular weight excluding hydrogens is 344 g/mol. The predicted molar refractivity (Wildman–Crippen MR) is 79.7 cm³/mol. The number of benzene rings is 2. The van der Waals surface area contributed by atoms with Crippen molar-refractivity contribution < 1.29 is 17.7 Å². The minimum Gasteiger partial charge on any atom is -0.489 e. The van der Waals surface area contributed by atoms with Crippen LogP contribution in [0.5, 0.6) is 5.75 Å². The van der Waals surface area contributed by atoms with E-state index >= 15 is 0 Å². The van der Waals surface area contributed by atoms with Gasteiger partial charge < -0.3 is 4.74 Å². The summed E-state index contributed by atoms with van der Waals surface area (Å²) in [6, 6.07) is 13.8. The Bertz CT molecular complexity index is 684. The van der Waals surface area contributed by atoms with E-state index in [0.29, 0.717) is 17.7 Å². The molecule has 0 radical (unpaired) electrons. The molecular formula is C14H13BrO4S. The highest BCUT2D eigenvalue weighted by molar-refractivity contribution is 9.08. The van der Waals surface area contributed by atoms with Gasteiger partial charge in [0, 0.05) is 17.0 Å². The molecule has 1 N–H and O–H groups in total. The summed E-state index contributed by atoms with van der Waals surface area (Å²) in [5.74, 6) is 0.431. The molecule has 0 saturated carbocycles. The third kappa shape index (κ3) is 3.82. The highest BCUT2D eigenvalue weighted by atomic mass is 79.9. The van der Waals surface area contributed by atoms with Crippen LogP contribution in [0.2, 0.25) is 0 Å². The Kier molecular flexibility index (Phi) is 4.80. The van der Waals surface area contributed by atoms with E-state index in [9.17, 15) is 8.42 Å². The molecule has 0 aliphatic heterocycles. The third-order valence-corrected chi connectivity index (χ3v) is 4.17. The largest absolute Gasteiger partial charge is 0.489 e. The molecule has 0 unspecified atom stereocenters. The van der Waals surface area contributed by atoms with Crippen LogP contribution >= 0.6 is 15.9 Å². The highest BCUT2D eigenvalue weighted by Gasteiger charge is 2.13. The van der Waals surface area contributed by atoms with Gasteiger partial charge in [-0.3, -0.25) is 4.55 Å². The van der Waals surface area contributed by atoms with E-state index in [-0.39, 0.29) is 4.90 Å². The smallest absolute Gasteiger partial charge is 0.294 e. The van der Waals surface area contributed by atoms with Gasteiger partial charge in [-0.15, -0.1) is 0 Å². The van der Waals surface area contributed by atoms with Crippen LogP contribution in [-0.4, -0.2) is 13.0 Å². The minimum absolute atomic E-state index is 0.176. The van der Waals surface area contributed by atoms with Crippen LogP contribution in [0.3, 0.4) is 0 Å². The van der Waals surface area contributed by atoms with Crippen LogP contribution in [0.1, 0.15) is 11.1 Å². The van der Waals surface area contributed by atoms with Gasteiger partial charge in [-0.1, -0.05) is 52.3 Å². The lowest BCUT2D eigenvalue weighted by Gasteiger charge is -2.11. The zero-order valence-corrected chi connectivity index (χ0v) is 12.9. The second kappa shape index (κ2) is 6.39. The second-order valence-electron chi connectivity index (χ2n) is 4.15. The summed E-state index contributed by atoms with van der Waals surface area (Å²) >= 11 is 3.32. The average molecular weight is 357 g/mol. The van der Waals surface area contributed by atoms with Gasteiger partial charge in [0.15, 0.2) is 0 Å². The third-order valence-electron chi connectivity index (χ3n) is 2.72. The van der Waals surface area contributed by atoms with E-state index in [0.717, 1.165) is 11.1 Å². The molecule has 4 nitrogen and oxygen atoms in total. The molecule has 2 rings (SSSR count). The fraction of sp³-hybridized carbons (Fsp3) is 0.143. The fourth-order valence-electron chi connectivity index (χ4n) is 1.68. The lowest BCUT2D eigenvalue weighted by molar-refractivity contribution is 0.303. The maximum atomic E-state index is 11.1. The molecule has 2 aromatic rings. The van der Waals surface area contributed by atoms with Crippen molar-refractivity contribution in [1.82, 2.24) is 0 Å². The van der Waals surface area contributed by atoms with Gasteiger partial charge in [-0.05, 0) is 11.6 Å². The van der Waals surface area contributed by atoms with Crippen LogP contribution in [0.25, 0.3) is 0 Å². The summed E-state index contributed by atoms with van der Waals surface area (Å²) in [5, 5.41) is 0.531. The summed E-state index contributed by atoms with van der Waals surface area (Å²) in [6.07, 6.45) is 0. The SMILES string of the molecule is O=S(=O)(O)c1ccc(CBr)c(OCc2ccccc2)c1. The van der Waals surface area contributed by atoms with E-state index < -0.39 is 10.1 Å². The Balaban J connectivity index is 2.25. The topological polar surface area (TPSA) is 63.6 Å². The summed E-state index contributed by atoms with van der Waals surface area (Å²) in [5.41, 5.74) is 1.79. The van der Waals surface area contributed by atoms with Gasteiger partial charge in [0.1, 0.15) is 12.4 Å². The molecule has 2 aromatic carbocycles. The Morgan fingerprint density at radius 3 is 2.40 bits per heavy atom. The number of ether oxygens (including phenoxy) is 1. The summed E-state index contributed by atoms with van der Waals surface area (Å²) in [6.45, 7) is 0.329. The van der Waals surface area contributed by atoms with Crippen molar-refractivity contribution in [2.45, 2.75) is 16.8 Å². The van der Waals surface area contributed by atoms with Crippen molar-refractivity contribution >= 4 is 26.0 Å². The van der Waals surface area contributed by atoms with Crippen molar-refractivity contribution in [2.75, 3.05) is 0 Å². The fourth-order valence-corrected chi connectivity index (χ4v) is 2.63. The molecule has 0 aliphatic carbocycles. The molecule has 0 bridgehead atoms. The Morgan fingerprint density at radius 1 is 1.10 bits per heavy atom. The highest BCUT2D eigenvalue weighted by Crippen LogP contribution is 2.26. The zero-order valence-electron chi connectivity index (χ0n) is 10.5. The quantitative estimate of drug-likeness (QED) is 0.658. The maximum Gasteiger partial charge on any atom is 0.294 e. The van der Waals surface area contributed by atoms with Crippen molar-refractivity contribution in [3.05, 3.63) is 59.7 Å². The first-order valence-electron chi connectivity index (χ1n) is 5.84. The Morgan fingerprint density at radius 2 is 1.80 bits per heavy atom. The molecule has 0 fully saturated rings. The van der Waals surface area contributed by atoms with Gasteiger partial charge in [-0.25, -0.2) is 0 Å². The van der Waals surface area contributed by atoms with E-state index in [4.69, 9.17) is 9.29 Å². The molecule has 0 spiro atoms. The summed E-state index contributed by atoms with van der Waals surface area (Å²) in [7, 11) is -4.23. The minimum atomic E-state index is -4.23. The average Bonchev–Trinajstić information content (AvgIpc) is 2.45. The number of hydrogen-bond acceptors (Lipinski definition) is 3. The number of halogens is 1. The van der Waals surface area contributed by atoms with E-state index in [1.165, 1.54) is 12.1 Å². The molecule has 106 valence electrons. The van der Waals surface area contributed by atoms with E-state index in [1.54, 1.807) is 6.07 Å². The standard InChI is InChI=1S/C14H13BrO4S/c15-9-12-6-7-13(20(16,17)18)8-14(12)19-10-11-4-2-1-3-5-11/h1-8H,9-10H2,(H,16,17,18). The Labute approximate surface area is 126 Å². The van der Waals surface area contributed by atoms with Gasteiger partial charge in [0.2, 0.25) is 0 Å². The molecule has 20 heavy (non-hydrogen) atoms. The zero-order chi connectivity index (χ0) is 14.6. The van der Waals surface area contributed by atoms with Crippen LogP contribution in [0.4, 0.5) is 0 Å². The predicted octanol–water partition coefficient (Wildman–Crippen LogP) is 3.41. The molecule has 0 saturated heterocycles. The summed E-state index contributed by atoms with van der Waals surface area (Å²) in [4.78, 5) is -0.176. The first kappa shape index (κ1) is 15.0. The number of hydrogen-bond donors (Lipinski definition) is 1. The van der Waals surface area contributed by atoms with E-state index in [1.807, 2.05) is 30.3 Å². The normalized spacial score (nSPS) is 11.3. The van der Waals surface area contributed by atoms with Crippen molar-refractivity contribution in [1.29, 1.82) is 0 Å². The van der Waals surface area contributed by atoms with Crippen LogP contribution in [0.15, 0.2) is 53.4 Å².